The van der Waals surface area contributed by atoms with Crippen LogP contribution in [0.4, 0.5) is 11.4 Å². The molecule has 7 nitrogen and oxygen atoms in total. The summed E-state index contributed by atoms with van der Waals surface area (Å²) in [5, 5.41) is 0.156. The van der Waals surface area contributed by atoms with Crippen LogP contribution in [0.15, 0.2) is 71.6 Å². The first-order valence-corrected chi connectivity index (χ1v) is 15.2. The molecule has 3 aromatic rings. The van der Waals surface area contributed by atoms with E-state index >= 15 is 0 Å². The molecule has 1 saturated heterocycles. The van der Waals surface area contributed by atoms with Crippen LogP contribution in [0, 0.1) is 6.92 Å². The third-order valence-corrected chi connectivity index (χ3v) is 9.21. The van der Waals surface area contributed by atoms with Crippen molar-refractivity contribution in [3.05, 3.63) is 82.9 Å². The Balaban J connectivity index is 1.31. The van der Waals surface area contributed by atoms with Gasteiger partial charge in [-0.1, -0.05) is 41.4 Å². The fourth-order valence-electron chi connectivity index (χ4n) is 5.40. The van der Waals surface area contributed by atoms with Gasteiger partial charge in [0.05, 0.1) is 18.0 Å². The molecule has 2 aliphatic rings. The number of fused-ring (bicyclic) bond motifs is 1. The van der Waals surface area contributed by atoms with Gasteiger partial charge in [-0.2, -0.15) is 0 Å². The molecule has 1 amide bonds. The average molecular weight is 594 g/mol. The number of hydrogen-bond acceptors (Lipinski definition) is 7. The summed E-state index contributed by atoms with van der Waals surface area (Å²) in [5.74, 6) is 0.00383. The van der Waals surface area contributed by atoms with Crippen molar-refractivity contribution in [2.45, 2.75) is 36.5 Å². The molecule has 1 fully saturated rings. The predicted octanol–water partition coefficient (Wildman–Crippen LogP) is 5.98. The van der Waals surface area contributed by atoms with Crippen molar-refractivity contribution in [3.8, 4) is 5.75 Å². The highest BCUT2D eigenvalue weighted by molar-refractivity contribution is 7.99. The zero-order valence-corrected chi connectivity index (χ0v) is 25.3. The van der Waals surface area contributed by atoms with Gasteiger partial charge in [0.2, 0.25) is 0 Å². The van der Waals surface area contributed by atoms with Crippen molar-refractivity contribution in [1.29, 1.82) is 0 Å². The molecular weight excluding hydrogens is 558 g/mol. The van der Waals surface area contributed by atoms with E-state index in [2.05, 4.69) is 41.0 Å². The van der Waals surface area contributed by atoms with Gasteiger partial charge in [0.15, 0.2) is 6.10 Å². The van der Waals surface area contributed by atoms with E-state index in [0.29, 0.717) is 17.3 Å². The maximum atomic E-state index is 14.1. The molecule has 0 aromatic heterocycles. The Morgan fingerprint density at radius 2 is 1.68 bits per heavy atom. The smallest absolute Gasteiger partial charge is 0.303 e. The first-order valence-electron chi connectivity index (χ1n) is 13.9. The van der Waals surface area contributed by atoms with E-state index in [9.17, 15) is 9.59 Å². The van der Waals surface area contributed by atoms with E-state index in [0.717, 1.165) is 55.3 Å². The van der Waals surface area contributed by atoms with Crippen LogP contribution >= 0.6 is 23.4 Å². The zero-order valence-electron chi connectivity index (χ0n) is 23.7. The number of carbonyl (C=O) groups is 2. The van der Waals surface area contributed by atoms with Crippen LogP contribution < -0.4 is 14.5 Å². The number of thioether (sulfide) groups is 1. The Morgan fingerprint density at radius 3 is 2.34 bits per heavy atom. The topological polar surface area (TPSA) is 62.3 Å². The number of rotatable bonds is 8. The van der Waals surface area contributed by atoms with Crippen molar-refractivity contribution < 1.29 is 19.1 Å². The van der Waals surface area contributed by atoms with Gasteiger partial charge in [-0.25, -0.2) is 0 Å². The van der Waals surface area contributed by atoms with Crippen molar-refractivity contribution >= 4 is 46.6 Å². The zero-order chi connectivity index (χ0) is 28.9. The predicted molar refractivity (Wildman–Crippen MR) is 165 cm³/mol. The lowest BCUT2D eigenvalue weighted by Gasteiger charge is -2.36. The Kier molecular flexibility index (Phi) is 9.42. The fourth-order valence-corrected chi connectivity index (χ4v) is 6.99. The molecule has 0 aliphatic carbocycles. The largest absolute Gasteiger partial charge is 0.497 e. The molecule has 2 aliphatic heterocycles. The number of aryl methyl sites for hydroxylation is 1. The molecule has 3 aromatic carbocycles. The minimum atomic E-state index is -0.977. The van der Waals surface area contributed by atoms with E-state index in [-0.39, 0.29) is 5.91 Å². The maximum absolute atomic E-state index is 14.1. The van der Waals surface area contributed by atoms with Crippen LogP contribution in [0.1, 0.15) is 29.7 Å². The molecule has 41 heavy (non-hydrogen) atoms. The number of nitrogens with zero attached hydrogens (tertiary/aromatic N) is 3. The average Bonchev–Trinajstić information content (AvgIpc) is 3.08. The van der Waals surface area contributed by atoms with Gasteiger partial charge in [0, 0.05) is 55.3 Å². The van der Waals surface area contributed by atoms with Crippen LogP contribution in [0.3, 0.4) is 0 Å². The molecule has 0 bridgehead atoms. The summed E-state index contributed by atoms with van der Waals surface area (Å²) in [6.45, 7) is 8.73. The second-order valence-corrected chi connectivity index (χ2v) is 12.1. The minimum absolute atomic E-state index is 0.223. The standard InChI is InChI=1S/C32H36ClN3O4S/c1-22-5-10-26(11-6-22)35-19-17-34(18-20-35)15-4-16-36-28-14-9-25(33)21-29(28)41-31(30(32(36)38)40-23(2)37)24-7-12-27(39-3)13-8-24/h5-14,21,30-31H,4,15-20H2,1-3H3. The number of halogens is 1. The second kappa shape index (κ2) is 13.2. The third kappa shape index (κ3) is 7.00. The molecule has 9 heteroatoms. The molecule has 5 rings (SSSR count). The number of piperazine rings is 1. The van der Waals surface area contributed by atoms with Crippen molar-refractivity contribution in [2.24, 2.45) is 0 Å². The number of carbonyl (C=O) groups excluding carboxylic acids is 2. The van der Waals surface area contributed by atoms with Crippen LogP contribution in [0.2, 0.25) is 5.02 Å². The summed E-state index contributed by atoms with van der Waals surface area (Å²) in [7, 11) is 1.61. The highest BCUT2D eigenvalue weighted by Gasteiger charge is 2.41. The van der Waals surface area contributed by atoms with Gasteiger partial charge in [0.1, 0.15) is 5.75 Å². The lowest BCUT2D eigenvalue weighted by Crippen LogP contribution is -2.47. The normalized spacial score (nSPS) is 19.5. The Hall–Kier alpha value is -3.20. The van der Waals surface area contributed by atoms with Gasteiger partial charge < -0.3 is 19.3 Å². The third-order valence-electron chi connectivity index (χ3n) is 7.62. The Morgan fingerprint density at radius 1 is 0.976 bits per heavy atom. The van der Waals surface area contributed by atoms with Crippen LogP contribution in [0.5, 0.6) is 5.75 Å². The molecule has 2 atom stereocenters. The van der Waals surface area contributed by atoms with Gasteiger partial charge in [-0.05, 0) is 67.9 Å². The summed E-state index contributed by atoms with van der Waals surface area (Å²) in [6.07, 6.45) is -0.182. The van der Waals surface area contributed by atoms with Gasteiger partial charge in [-0.3, -0.25) is 14.5 Å². The van der Waals surface area contributed by atoms with E-state index in [1.54, 1.807) is 18.1 Å². The van der Waals surface area contributed by atoms with Gasteiger partial charge >= 0.3 is 5.97 Å². The number of ether oxygens (including phenoxy) is 2. The molecule has 0 radical (unpaired) electrons. The summed E-state index contributed by atoms with van der Waals surface area (Å²) >= 11 is 7.90. The number of anilines is 2. The highest BCUT2D eigenvalue weighted by Crippen LogP contribution is 2.47. The molecule has 216 valence electrons. The van der Waals surface area contributed by atoms with Crippen LogP contribution in [-0.4, -0.2) is 69.3 Å². The van der Waals surface area contributed by atoms with Crippen LogP contribution in [-0.2, 0) is 14.3 Å². The summed E-state index contributed by atoms with van der Waals surface area (Å²) in [6, 6.07) is 21.8. The highest BCUT2D eigenvalue weighted by atomic mass is 35.5. The summed E-state index contributed by atoms with van der Waals surface area (Å²) in [5.41, 5.74) is 4.20. The SMILES string of the molecule is COc1ccc(C2Sc3cc(Cl)ccc3N(CCCN3CCN(c4ccc(C)cc4)CC3)C(=O)C2OC(C)=O)cc1. The minimum Gasteiger partial charge on any atom is -0.497 e. The molecular formula is C32H36ClN3O4S. The first-order chi connectivity index (χ1) is 19.8. The van der Waals surface area contributed by atoms with Gasteiger partial charge in [0.25, 0.3) is 5.91 Å². The van der Waals surface area contributed by atoms with Crippen LogP contribution in [0.25, 0.3) is 0 Å². The summed E-state index contributed by atoms with van der Waals surface area (Å²) in [4.78, 5) is 33.8. The molecule has 0 saturated carbocycles. The summed E-state index contributed by atoms with van der Waals surface area (Å²) < 4.78 is 11.0. The number of methoxy groups -OCH3 is 1. The first kappa shape index (κ1) is 29.3. The molecule has 2 heterocycles. The monoisotopic (exact) mass is 593 g/mol. The Bertz CT molecular complexity index is 1360. The molecule has 0 spiro atoms. The van der Waals surface area contributed by atoms with E-state index in [1.165, 1.54) is 29.9 Å². The number of benzene rings is 3. The van der Waals surface area contributed by atoms with Crippen molar-refractivity contribution in [2.75, 3.05) is 56.2 Å². The van der Waals surface area contributed by atoms with E-state index in [4.69, 9.17) is 21.1 Å². The number of esters is 1. The van der Waals surface area contributed by atoms with Crippen molar-refractivity contribution in [3.63, 3.8) is 0 Å². The quantitative estimate of drug-likeness (QED) is 0.298. The second-order valence-electron chi connectivity index (χ2n) is 10.5. The number of amides is 1. The maximum Gasteiger partial charge on any atom is 0.303 e. The van der Waals surface area contributed by atoms with E-state index in [1.807, 2.05) is 36.4 Å². The lowest BCUT2D eigenvalue weighted by molar-refractivity contribution is -0.152. The van der Waals surface area contributed by atoms with Gasteiger partial charge in [-0.15, -0.1) is 11.8 Å². The lowest BCUT2D eigenvalue weighted by atomic mass is 10.1. The Labute approximate surface area is 251 Å². The molecule has 2 unspecified atom stereocenters. The fraction of sp³-hybridized carbons (Fsp3) is 0.375. The van der Waals surface area contributed by atoms with Crippen molar-refractivity contribution in [1.82, 2.24) is 4.90 Å². The molecule has 0 N–H and O–H groups in total. The van der Waals surface area contributed by atoms with E-state index < -0.39 is 17.3 Å². The number of hydrogen-bond donors (Lipinski definition) is 0.